The summed E-state index contributed by atoms with van der Waals surface area (Å²) in [5.74, 6) is -1.76. The molecule has 2 unspecified atom stereocenters. The van der Waals surface area contributed by atoms with Gasteiger partial charge in [-0.1, -0.05) is 134 Å². The number of allylic oxidation sites excluding steroid dienone is 6. The molecule has 0 aliphatic rings. The fourth-order valence-electron chi connectivity index (χ4n) is 5.67. The van der Waals surface area contributed by atoms with Crippen molar-refractivity contribution in [3.8, 4) is 0 Å². The van der Waals surface area contributed by atoms with Gasteiger partial charge in [0.2, 0.25) is 0 Å². The first kappa shape index (κ1) is 47.5. The number of hydrogen-bond acceptors (Lipinski definition) is 7. The first-order chi connectivity index (χ1) is 24.1. The van der Waals surface area contributed by atoms with Crippen LogP contribution >= 0.6 is 0 Å². The number of rotatable bonds is 35. The van der Waals surface area contributed by atoms with Gasteiger partial charge in [-0.15, -0.1) is 0 Å². The fraction of sp³-hybridized carbons (Fsp3) is 0.786. The van der Waals surface area contributed by atoms with Crippen molar-refractivity contribution in [2.24, 2.45) is 0 Å². The van der Waals surface area contributed by atoms with Crippen molar-refractivity contribution >= 4 is 17.9 Å². The molecule has 0 aromatic heterocycles. The smallest absolute Gasteiger partial charge is 0.306 e. The Bertz CT molecular complexity index is 922. The third-order valence-corrected chi connectivity index (χ3v) is 8.79. The number of nitrogens with zero attached hydrogens (tertiary/aromatic N) is 1. The molecule has 0 aliphatic heterocycles. The minimum absolute atomic E-state index is 0.0353. The zero-order valence-electron chi connectivity index (χ0n) is 32.8. The van der Waals surface area contributed by atoms with Crippen LogP contribution in [0.25, 0.3) is 0 Å². The van der Waals surface area contributed by atoms with Gasteiger partial charge in [0.1, 0.15) is 12.6 Å². The number of esters is 2. The monoisotopic (exact) mass is 706 g/mol. The molecule has 0 bridgehead atoms. The maximum atomic E-state index is 12.7. The predicted octanol–water partition coefficient (Wildman–Crippen LogP) is 8.96. The summed E-state index contributed by atoms with van der Waals surface area (Å²) in [5, 5.41) is 11.6. The lowest BCUT2D eigenvalue weighted by Crippen LogP contribution is -2.55. The minimum atomic E-state index is -1.13. The Hall–Kier alpha value is -2.45. The molecule has 8 nitrogen and oxygen atoms in total. The molecule has 0 spiro atoms. The molecular formula is C42H75NO7. The van der Waals surface area contributed by atoms with Gasteiger partial charge in [0, 0.05) is 19.3 Å². The van der Waals surface area contributed by atoms with Crippen LogP contribution in [0.5, 0.6) is 0 Å². The maximum absolute atomic E-state index is 12.7. The van der Waals surface area contributed by atoms with Gasteiger partial charge in [0.15, 0.2) is 6.10 Å². The number of carboxylic acid groups (broad SMARTS) is 1. The van der Waals surface area contributed by atoms with Crippen LogP contribution in [0.2, 0.25) is 0 Å². The van der Waals surface area contributed by atoms with Crippen molar-refractivity contribution < 1.29 is 38.2 Å². The van der Waals surface area contributed by atoms with E-state index < -0.39 is 18.1 Å². The predicted molar refractivity (Wildman–Crippen MR) is 203 cm³/mol. The highest BCUT2D eigenvalue weighted by atomic mass is 16.6. The number of quaternary nitrogens is 1. The molecule has 0 radical (unpaired) electrons. The van der Waals surface area contributed by atoms with Crippen LogP contribution in [0.3, 0.4) is 0 Å². The van der Waals surface area contributed by atoms with Crippen molar-refractivity contribution in [3.05, 3.63) is 36.5 Å². The summed E-state index contributed by atoms with van der Waals surface area (Å²) in [6, 6.07) is -0.726. The molecule has 0 rings (SSSR count). The third kappa shape index (κ3) is 31.5. The summed E-state index contributed by atoms with van der Waals surface area (Å²) >= 11 is 0. The number of carbonyl (C=O) groups is 3. The third-order valence-electron chi connectivity index (χ3n) is 8.79. The number of carbonyl (C=O) groups excluding carboxylic acids is 3. The Kier molecular flexibility index (Phi) is 32.0. The molecule has 2 atom stereocenters. The molecule has 0 aromatic carbocycles. The zero-order valence-corrected chi connectivity index (χ0v) is 32.8. The first-order valence-electron chi connectivity index (χ1n) is 20.0. The number of ether oxygens (including phenoxy) is 3. The molecule has 0 fully saturated rings. The van der Waals surface area contributed by atoms with Crippen molar-refractivity contribution in [1.82, 2.24) is 0 Å². The lowest BCUT2D eigenvalue weighted by atomic mass is 10.1. The van der Waals surface area contributed by atoms with Crippen LogP contribution in [0.1, 0.15) is 162 Å². The van der Waals surface area contributed by atoms with E-state index in [9.17, 15) is 19.5 Å². The van der Waals surface area contributed by atoms with E-state index in [1.54, 1.807) is 21.1 Å². The van der Waals surface area contributed by atoms with Gasteiger partial charge in [0.25, 0.3) is 0 Å². The molecule has 0 heterocycles. The van der Waals surface area contributed by atoms with E-state index in [1.165, 1.54) is 51.4 Å². The van der Waals surface area contributed by atoms with E-state index in [-0.39, 0.29) is 42.7 Å². The standard InChI is InChI=1S/C42H75NO7/c1-6-8-10-12-14-16-18-19-20-21-23-25-27-29-31-33-41(45)50-38(36-48-35-34-39(42(46)47)43(3,4)5)37-49-40(44)32-30-28-26-24-22-17-15-13-11-9-7-2/h8,10,14,16,19-20,38-39H,6-7,9,11-13,15,17-18,21-37H2,1-5H3/b10-8-,16-14-,20-19-. The zero-order chi connectivity index (χ0) is 37.1. The Balaban J connectivity index is 4.43. The van der Waals surface area contributed by atoms with Gasteiger partial charge in [-0.25, -0.2) is 0 Å². The number of carboxylic acids is 1. The number of aliphatic carboxylic acids is 1. The first-order valence-corrected chi connectivity index (χ1v) is 20.0. The van der Waals surface area contributed by atoms with E-state index >= 15 is 0 Å². The number of unbranched alkanes of at least 4 members (excludes halogenated alkanes) is 15. The van der Waals surface area contributed by atoms with Crippen LogP contribution in [0.15, 0.2) is 36.5 Å². The number of likely N-dealkylation sites (N-methyl/N-ethyl adjacent to an activating group) is 1. The quantitative estimate of drug-likeness (QED) is 0.0281. The van der Waals surface area contributed by atoms with E-state index in [4.69, 9.17) is 14.2 Å². The molecule has 0 aliphatic carbocycles. The minimum Gasteiger partial charge on any atom is -0.544 e. The molecular weight excluding hydrogens is 630 g/mol. The fourth-order valence-corrected chi connectivity index (χ4v) is 5.67. The van der Waals surface area contributed by atoms with Crippen molar-refractivity contribution in [2.75, 3.05) is 41.0 Å². The topological polar surface area (TPSA) is 102 Å². The summed E-state index contributed by atoms with van der Waals surface area (Å²) < 4.78 is 17.1. The van der Waals surface area contributed by atoms with Crippen LogP contribution < -0.4 is 5.11 Å². The van der Waals surface area contributed by atoms with E-state index in [0.29, 0.717) is 12.8 Å². The summed E-state index contributed by atoms with van der Waals surface area (Å²) in [7, 11) is 5.39. The van der Waals surface area contributed by atoms with Gasteiger partial charge in [0.05, 0.1) is 40.3 Å². The summed E-state index contributed by atoms with van der Waals surface area (Å²) in [5.41, 5.74) is 0. The normalized spacial score (nSPS) is 13.4. The molecule has 8 heteroatoms. The van der Waals surface area contributed by atoms with Gasteiger partial charge in [-0.3, -0.25) is 9.59 Å². The average molecular weight is 706 g/mol. The van der Waals surface area contributed by atoms with Gasteiger partial charge >= 0.3 is 11.9 Å². The SMILES string of the molecule is CC/C=C\C/C=C\C/C=C\CCCCCCCC(=O)OC(COCCC(C(=O)[O-])[N+](C)(C)C)COC(=O)CCCCCCCCCCCCC. The highest BCUT2D eigenvalue weighted by Crippen LogP contribution is 2.14. The Morgan fingerprint density at radius 1 is 0.620 bits per heavy atom. The molecule has 0 amide bonds. The highest BCUT2D eigenvalue weighted by molar-refractivity contribution is 5.70. The van der Waals surface area contributed by atoms with E-state index in [2.05, 4.69) is 50.3 Å². The van der Waals surface area contributed by atoms with Crippen LogP contribution in [-0.4, -0.2) is 75.5 Å². The van der Waals surface area contributed by atoms with Crippen molar-refractivity contribution in [2.45, 2.75) is 174 Å². The van der Waals surface area contributed by atoms with Crippen LogP contribution in [0.4, 0.5) is 0 Å². The largest absolute Gasteiger partial charge is 0.544 e. The molecule has 290 valence electrons. The molecule has 50 heavy (non-hydrogen) atoms. The highest BCUT2D eigenvalue weighted by Gasteiger charge is 2.25. The lowest BCUT2D eigenvalue weighted by Gasteiger charge is -2.34. The van der Waals surface area contributed by atoms with E-state index in [0.717, 1.165) is 77.0 Å². The van der Waals surface area contributed by atoms with Crippen molar-refractivity contribution in [3.63, 3.8) is 0 Å². The van der Waals surface area contributed by atoms with Gasteiger partial charge < -0.3 is 28.6 Å². The second kappa shape index (κ2) is 33.7. The summed E-state index contributed by atoms with van der Waals surface area (Å²) in [4.78, 5) is 36.7. The molecule has 0 N–H and O–H groups in total. The Morgan fingerprint density at radius 2 is 1.12 bits per heavy atom. The summed E-state index contributed by atoms with van der Waals surface area (Å²) in [6.45, 7) is 4.51. The Labute approximate surface area is 306 Å². The second-order valence-electron chi connectivity index (χ2n) is 14.5. The van der Waals surface area contributed by atoms with Crippen LogP contribution in [0, 0.1) is 0 Å². The second-order valence-corrected chi connectivity index (χ2v) is 14.5. The molecule has 0 saturated carbocycles. The number of hydrogen-bond donors (Lipinski definition) is 0. The van der Waals surface area contributed by atoms with Gasteiger partial charge in [-0.2, -0.15) is 0 Å². The Morgan fingerprint density at radius 3 is 1.66 bits per heavy atom. The van der Waals surface area contributed by atoms with Crippen LogP contribution in [-0.2, 0) is 28.6 Å². The summed E-state index contributed by atoms with van der Waals surface area (Å²) in [6.07, 6.45) is 35.9. The maximum Gasteiger partial charge on any atom is 0.306 e. The van der Waals surface area contributed by atoms with Crippen molar-refractivity contribution in [1.29, 1.82) is 0 Å². The van der Waals surface area contributed by atoms with E-state index in [1.807, 2.05) is 0 Å². The average Bonchev–Trinajstić information content (AvgIpc) is 3.06. The lowest BCUT2D eigenvalue weighted by molar-refractivity contribution is -0.889. The van der Waals surface area contributed by atoms with Gasteiger partial charge in [-0.05, 0) is 44.9 Å². The molecule has 0 saturated heterocycles. The molecule has 0 aromatic rings.